The molecule has 0 atom stereocenters. The molecule has 0 unspecified atom stereocenters. The Labute approximate surface area is 403 Å². The molecule has 4 aliphatic heterocycles. The molecule has 8 rings (SSSR count). The van der Waals surface area contributed by atoms with E-state index >= 15 is 0 Å². The molecule has 4 aliphatic rings. The van der Waals surface area contributed by atoms with Crippen LogP contribution in [0.5, 0.6) is 0 Å². The fraction of sp³-hybridized carbons (Fsp3) is 0.605. The molecule has 0 amide bonds. The molecule has 0 aliphatic carbocycles. The number of rotatable bonds is 4. The first-order valence-electron chi connectivity index (χ1n) is 21.5. The Bertz CT molecular complexity index is 2390. The highest BCUT2D eigenvalue weighted by molar-refractivity contribution is 6.41. The van der Waals surface area contributed by atoms with E-state index in [1.54, 1.807) is 45.8 Å². The molecule has 4 fully saturated rings. The van der Waals surface area contributed by atoms with Crippen molar-refractivity contribution >= 4 is 58.2 Å². The van der Waals surface area contributed by atoms with Crippen molar-refractivity contribution in [1.29, 1.82) is 0 Å². The van der Waals surface area contributed by atoms with Crippen molar-refractivity contribution in [3.63, 3.8) is 0 Å². The number of nitrogens with zero attached hydrogens (tertiary/aromatic N) is 15. The molecule has 0 bridgehead atoms. The van der Waals surface area contributed by atoms with E-state index in [4.69, 9.17) is 34.8 Å². The fourth-order valence-corrected chi connectivity index (χ4v) is 7.55. The summed E-state index contributed by atoms with van der Waals surface area (Å²) in [6.07, 6.45) is 11.2. The maximum absolute atomic E-state index is 11.8. The van der Waals surface area contributed by atoms with Gasteiger partial charge in [-0.1, -0.05) is 48.7 Å². The predicted molar refractivity (Wildman–Crippen MR) is 268 cm³/mol. The van der Waals surface area contributed by atoms with Crippen LogP contribution in [-0.2, 0) is 28.2 Å². The van der Waals surface area contributed by atoms with Gasteiger partial charge in [0.2, 0.25) is 0 Å². The Morgan fingerprint density at radius 1 is 0.470 bits per heavy atom. The lowest BCUT2D eigenvalue weighted by Crippen LogP contribution is -2.45. The number of aryl methyl sites for hydroxylation is 4. The van der Waals surface area contributed by atoms with E-state index in [1.807, 2.05) is 4.90 Å². The maximum Gasteiger partial charge on any atom is 0.287 e. The standard InChI is InChI=1S/C11H16N4O2.C10H15ClN4O.C10H16N4O.C6H13N.C5H4Cl2N2O.CH4.H2/c1-13-3-5-15(6-4-13)10-7-12-14(2)11(17)9(10)8-16;1-13-3-5-15(6-4-13)8-7-12-14(2)10(16)9(8)11;1-12-3-5-14(6-4-12)9-7-10(15)13(2)11-8-9;1-7-5-3-2-4-6-7;1-9-5(10)4(7)3(6)2-8-9;;/h7-8H,3-6H2,1-2H3;7H,3-6H2,1-2H3;7-8H,3-6H2,1-2H3;2-6H2,1H3;2H,1H3;1H4;1H/i;;;;;;1+1. The molecule has 4 saturated heterocycles. The van der Waals surface area contributed by atoms with E-state index in [-0.39, 0.29) is 51.7 Å². The third-order valence-corrected chi connectivity index (χ3v) is 12.6. The van der Waals surface area contributed by atoms with Crippen molar-refractivity contribution in [2.45, 2.75) is 26.7 Å². The first-order chi connectivity index (χ1) is 30.9. The first-order valence-corrected chi connectivity index (χ1v) is 22.7. The number of halogens is 3. The van der Waals surface area contributed by atoms with Gasteiger partial charge in [-0.25, -0.2) is 18.7 Å². The summed E-state index contributed by atoms with van der Waals surface area (Å²) in [4.78, 5) is 72.2. The highest BCUT2D eigenvalue weighted by Gasteiger charge is 2.21. The summed E-state index contributed by atoms with van der Waals surface area (Å²) in [5.74, 6) is 0. The second kappa shape index (κ2) is 27.2. The van der Waals surface area contributed by atoms with Crippen LogP contribution in [0.25, 0.3) is 0 Å². The monoisotopic (exact) mass is 982 g/mol. The van der Waals surface area contributed by atoms with Crippen LogP contribution in [0.4, 0.5) is 17.1 Å². The second-order valence-corrected chi connectivity index (χ2v) is 17.6. The Morgan fingerprint density at radius 3 is 1.30 bits per heavy atom. The smallest absolute Gasteiger partial charge is 0.287 e. The highest BCUT2D eigenvalue weighted by atomic mass is 35.5. The molecule has 0 N–H and O–H groups in total. The first kappa shape index (κ1) is 55.6. The van der Waals surface area contributed by atoms with Crippen LogP contribution < -0.4 is 36.9 Å². The molecule has 368 valence electrons. The van der Waals surface area contributed by atoms with Crippen molar-refractivity contribution in [1.82, 2.24) is 58.7 Å². The fourth-order valence-electron chi connectivity index (χ4n) is 6.97. The van der Waals surface area contributed by atoms with Gasteiger partial charge in [-0.2, -0.15) is 20.4 Å². The average Bonchev–Trinajstić information content (AvgIpc) is 3.30. The molecule has 0 aromatic carbocycles. The van der Waals surface area contributed by atoms with Gasteiger partial charge in [-0.05, 0) is 54.1 Å². The van der Waals surface area contributed by atoms with Crippen LogP contribution >= 0.6 is 34.8 Å². The summed E-state index contributed by atoms with van der Waals surface area (Å²) in [5.41, 5.74) is 1.53. The largest absolute Gasteiger partial charge is 0.368 e. The number of hydrogen-bond acceptors (Lipinski definition) is 16. The van der Waals surface area contributed by atoms with Crippen molar-refractivity contribution in [2.24, 2.45) is 28.2 Å². The van der Waals surface area contributed by atoms with Crippen LogP contribution in [0.2, 0.25) is 15.1 Å². The number of hydrogen-bond donors (Lipinski definition) is 0. The average molecular weight is 984 g/mol. The van der Waals surface area contributed by atoms with E-state index < -0.39 is 0 Å². The zero-order chi connectivity index (χ0) is 47.8. The number of aromatic nitrogens is 8. The van der Waals surface area contributed by atoms with Crippen molar-refractivity contribution in [3.8, 4) is 0 Å². The maximum atomic E-state index is 11.8. The van der Waals surface area contributed by atoms with Gasteiger partial charge in [0.1, 0.15) is 15.6 Å². The lowest BCUT2D eigenvalue weighted by atomic mass is 10.1. The number of anilines is 3. The van der Waals surface area contributed by atoms with Gasteiger partial charge in [0.25, 0.3) is 22.2 Å². The minimum absolute atomic E-state index is 0. The molecular weight excluding hydrogens is 913 g/mol. The number of likely N-dealkylation sites (N-methyl/N-ethyl adjacent to an activating group) is 3. The summed E-state index contributed by atoms with van der Waals surface area (Å²) >= 11 is 17.0. The van der Waals surface area contributed by atoms with Crippen LogP contribution in [-0.4, -0.2) is 185 Å². The normalized spacial score (nSPS) is 17.0. The van der Waals surface area contributed by atoms with Gasteiger partial charge in [-0.3, -0.25) is 24.0 Å². The Kier molecular flexibility index (Phi) is 22.9. The van der Waals surface area contributed by atoms with E-state index in [2.05, 4.69) is 78.0 Å². The predicted octanol–water partition coefficient (Wildman–Crippen LogP) is 2.13. The van der Waals surface area contributed by atoms with Gasteiger partial charge in [0.05, 0.1) is 46.9 Å². The summed E-state index contributed by atoms with van der Waals surface area (Å²) < 4.78 is 4.90. The van der Waals surface area contributed by atoms with Gasteiger partial charge in [0.15, 0.2) is 6.29 Å². The molecule has 23 heteroatoms. The lowest BCUT2D eigenvalue weighted by molar-refractivity contribution is 0.112. The summed E-state index contributed by atoms with van der Waals surface area (Å²) in [7, 11) is 14.8. The molecule has 4 aromatic rings. The SMILES string of the molecule is C.CN1CCCCC1.CN1CCN(c2cnn(C)c(=O)c2)CC1.CN1CCN(c2cnn(C)c(=O)c2C=O)CC1.CN1CCN(c2cnn(C)c(=O)c2Cl)CC1.Cn1ncc(Cl)c(Cl)c1=O.[2HH]. The molecule has 66 heavy (non-hydrogen) atoms. The van der Waals surface area contributed by atoms with Crippen molar-refractivity contribution < 1.29 is 6.22 Å². The quantitative estimate of drug-likeness (QED) is 0.272. The summed E-state index contributed by atoms with van der Waals surface area (Å²) in [6, 6.07) is 1.65. The Morgan fingerprint density at radius 2 is 0.864 bits per heavy atom. The van der Waals surface area contributed by atoms with Gasteiger partial charge in [0, 0.05) is 114 Å². The molecule has 20 nitrogen and oxygen atoms in total. The lowest BCUT2D eigenvalue weighted by Gasteiger charge is -2.34. The highest BCUT2D eigenvalue weighted by Crippen LogP contribution is 2.22. The minimum atomic E-state index is -0.380. The number of likely N-dealkylation sites (tertiary alicyclic amines) is 1. The van der Waals surface area contributed by atoms with E-state index in [0.29, 0.717) is 12.0 Å². The molecule has 4 aromatic heterocycles. The third kappa shape index (κ3) is 16.3. The van der Waals surface area contributed by atoms with E-state index in [0.717, 1.165) is 94.6 Å². The van der Waals surface area contributed by atoms with Gasteiger partial charge < -0.3 is 34.3 Å². The second-order valence-electron chi connectivity index (χ2n) is 16.4. The van der Waals surface area contributed by atoms with Gasteiger partial charge in [-0.15, -0.1) is 0 Å². The number of aldehydes is 1. The Hall–Kier alpha value is -4.70. The molecule has 8 heterocycles. The summed E-state index contributed by atoms with van der Waals surface area (Å²) in [5, 5.41) is 16.1. The number of piperazine rings is 3. The number of carbonyl (C=O) groups excluding carboxylic acids is 1. The number of carbonyl (C=O) groups is 1. The van der Waals surface area contributed by atoms with E-state index in [1.165, 1.54) is 59.6 Å². The topological polar surface area (TPSA) is 179 Å². The zero-order valence-electron chi connectivity index (χ0n) is 38.9. The summed E-state index contributed by atoms with van der Waals surface area (Å²) in [6.45, 7) is 13.8. The Balaban J connectivity index is 0.000000293. The van der Waals surface area contributed by atoms with Crippen molar-refractivity contribution in [3.05, 3.63) is 92.9 Å². The minimum Gasteiger partial charge on any atom is -0.368 e. The number of piperidine rings is 1. The van der Waals surface area contributed by atoms with Crippen LogP contribution in [0.3, 0.4) is 0 Å². The van der Waals surface area contributed by atoms with Crippen LogP contribution in [0.1, 0.15) is 38.5 Å². The van der Waals surface area contributed by atoms with Crippen molar-refractivity contribution in [2.75, 3.05) is 135 Å². The zero-order valence-corrected chi connectivity index (χ0v) is 41.1. The third-order valence-electron chi connectivity index (χ3n) is 11.5. The molecular formula is C43H70Cl3N15O5. The van der Waals surface area contributed by atoms with Gasteiger partial charge >= 0.3 is 0 Å². The van der Waals surface area contributed by atoms with Crippen LogP contribution in [0, 0.1) is 0 Å². The molecule has 0 radical (unpaired) electrons. The molecule has 0 saturated carbocycles. The van der Waals surface area contributed by atoms with E-state index in [9.17, 15) is 24.0 Å². The molecule has 0 spiro atoms. The van der Waals surface area contributed by atoms with Crippen LogP contribution in [0.15, 0.2) is 50.0 Å².